The maximum absolute atomic E-state index is 12.0. The van der Waals surface area contributed by atoms with Crippen molar-refractivity contribution in [3.63, 3.8) is 0 Å². The number of sulfonamides is 1. The zero-order chi connectivity index (χ0) is 14.3. The summed E-state index contributed by atoms with van der Waals surface area (Å²) in [5.41, 5.74) is 5.51. The highest BCUT2D eigenvalue weighted by atomic mass is 32.2. The number of rotatable bonds is 9. The van der Waals surface area contributed by atoms with Gasteiger partial charge in [-0.05, 0) is 23.8 Å². The van der Waals surface area contributed by atoms with Crippen LogP contribution in [0.1, 0.15) is 25.1 Å². The number of thiophene rings is 1. The van der Waals surface area contributed by atoms with E-state index in [9.17, 15) is 8.42 Å². The monoisotopic (exact) mass is 306 g/mol. The van der Waals surface area contributed by atoms with E-state index in [-0.39, 0.29) is 18.0 Å². The maximum Gasteiger partial charge on any atom is 0.241 e. The van der Waals surface area contributed by atoms with Gasteiger partial charge in [-0.1, -0.05) is 13.8 Å². The van der Waals surface area contributed by atoms with Gasteiger partial charge < -0.3 is 10.5 Å². The Labute approximate surface area is 119 Å². The predicted molar refractivity (Wildman–Crippen MR) is 77.7 cm³/mol. The first-order chi connectivity index (χ1) is 8.97. The molecule has 0 saturated carbocycles. The van der Waals surface area contributed by atoms with Crippen LogP contribution in [0, 0.1) is 5.92 Å². The lowest BCUT2D eigenvalue weighted by atomic mass is 10.1. The minimum absolute atomic E-state index is 0.235. The lowest BCUT2D eigenvalue weighted by Gasteiger charge is -2.08. The summed E-state index contributed by atoms with van der Waals surface area (Å²) in [5, 5.41) is 1.73. The predicted octanol–water partition coefficient (Wildman–Crippen LogP) is 1.55. The van der Waals surface area contributed by atoms with Crippen LogP contribution in [0.2, 0.25) is 0 Å². The molecule has 110 valence electrons. The van der Waals surface area contributed by atoms with E-state index in [0.29, 0.717) is 24.0 Å². The molecule has 0 atom stereocenters. The second-order valence-electron chi connectivity index (χ2n) is 4.60. The average molecular weight is 306 g/mol. The van der Waals surface area contributed by atoms with Crippen molar-refractivity contribution in [1.29, 1.82) is 0 Å². The third-order valence-corrected chi connectivity index (χ3v) is 5.18. The molecule has 0 unspecified atom stereocenters. The molecule has 1 aromatic heterocycles. The second kappa shape index (κ2) is 7.96. The van der Waals surface area contributed by atoms with Gasteiger partial charge in [0.2, 0.25) is 10.0 Å². The first-order valence-electron chi connectivity index (χ1n) is 6.31. The molecular formula is C12H22N2O3S2. The smallest absolute Gasteiger partial charge is 0.241 e. The molecule has 1 rings (SSSR count). The molecule has 0 aliphatic rings. The molecule has 0 amide bonds. The van der Waals surface area contributed by atoms with Crippen LogP contribution in [-0.2, 0) is 21.3 Å². The Balaban J connectivity index is 2.36. The third kappa shape index (κ3) is 5.58. The first-order valence-corrected chi connectivity index (χ1v) is 8.67. The van der Waals surface area contributed by atoms with Crippen LogP contribution in [0.15, 0.2) is 16.3 Å². The summed E-state index contributed by atoms with van der Waals surface area (Å²) < 4.78 is 31.9. The fraction of sp³-hybridized carbons (Fsp3) is 0.667. The molecule has 0 spiro atoms. The molecule has 7 heteroatoms. The Morgan fingerprint density at radius 3 is 2.79 bits per heavy atom. The fourth-order valence-electron chi connectivity index (χ4n) is 1.46. The van der Waals surface area contributed by atoms with Crippen molar-refractivity contribution in [2.24, 2.45) is 11.7 Å². The summed E-state index contributed by atoms with van der Waals surface area (Å²) in [6.45, 7) is 5.80. The minimum atomic E-state index is -3.46. The minimum Gasteiger partial charge on any atom is -0.380 e. The molecule has 0 aliphatic heterocycles. The molecule has 0 radical (unpaired) electrons. The highest BCUT2D eigenvalue weighted by molar-refractivity contribution is 7.89. The van der Waals surface area contributed by atoms with Gasteiger partial charge in [0, 0.05) is 24.6 Å². The van der Waals surface area contributed by atoms with Crippen LogP contribution < -0.4 is 10.5 Å². The van der Waals surface area contributed by atoms with E-state index in [0.717, 1.165) is 6.42 Å². The Morgan fingerprint density at radius 2 is 2.16 bits per heavy atom. The van der Waals surface area contributed by atoms with Crippen LogP contribution >= 0.6 is 11.3 Å². The lowest BCUT2D eigenvalue weighted by molar-refractivity contribution is 0.128. The Morgan fingerprint density at radius 1 is 1.42 bits per heavy atom. The summed E-state index contributed by atoms with van der Waals surface area (Å²) in [4.78, 5) is 0.954. The number of ether oxygens (including phenoxy) is 1. The van der Waals surface area contributed by atoms with Gasteiger partial charge in [-0.3, -0.25) is 0 Å². The van der Waals surface area contributed by atoms with Gasteiger partial charge in [0.15, 0.2) is 0 Å². The highest BCUT2D eigenvalue weighted by Gasteiger charge is 2.18. The summed E-state index contributed by atoms with van der Waals surface area (Å²) in [6, 6.07) is 1.58. The van der Waals surface area contributed by atoms with Crippen molar-refractivity contribution >= 4 is 21.4 Å². The Kier molecular flexibility index (Phi) is 6.95. The van der Waals surface area contributed by atoms with E-state index in [1.165, 1.54) is 11.3 Å². The third-order valence-electron chi connectivity index (χ3n) is 2.56. The van der Waals surface area contributed by atoms with Gasteiger partial charge in [-0.25, -0.2) is 13.1 Å². The van der Waals surface area contributed by atoms with Crippen molar-refractivity contribution in [1.82, 2.24) is 4.72 Å². The summed E-state index contributed by atoms with van der Waals surface area (Å²) in [7, 11) is -3.46. The van der Waals surface area contributed by atoms with E-state index in [4.69, 9.17) is 10.5 Å². The lowest BCUT2D eigenvalue weighted by Crippen LogP contribution is -2.28. The molecule has 1 aromatic rings. The molecule has 1 heterocycles. The van der Waals surface area contributed by atoms with Crippen molar-refractivity contribution in [3.8, 4) is 0 Å². The second-order valence-corrected chi connectivity index (χ2v) is 7.34. The molecule has 0 fully saturated rings. The Hall–Kier alpha value is -0.470. The summed E-state index contributed by atoms with van der Waals surface area (Å²) in [6.07, 6.45) is 0.981. The van der Waals surface area contributed by atoms with Gasteiger partial charge in [0.25, 0.3) is 0 Å². The van der Waals surface area contributed by atoms with Gasteiger partial charge in [0.1, 0.15) is 0 Å². The normalized spacial score (nSPS) is 12.2. The van der Waals surface area contributed by atoms with Gasteiger partial charge in [-0.15, -0.1) is 11.3 Å². The number of nitrogens with one attached hydrogen (secondary N) is 1. The number of hydrogen-bond donors (Lipinski definition) is 2. The topological polar surface area (TPSA) is 81.4 Å². The van der Waals surface area contributed by atoms with Crippen molar-refractivity contribution < 1.29 is 13.2 Å². The SMILES string of the molecule is CC(C)CCOCCNS(=O)(=O)c1ccsc1CN. The number of hydrogen-bond acceptors (Lipinski definition) is 5. The maximum atomic E-state index is 12.0. The van der Waals surface area contributed by atoms with E-state index in [1.807, 2.05) is 0 Å². The molecule has 0 aromatic carbocycles. The van der Waals surface area contributed by atoms with Crippen LogP contribution in [0.4, 0.5) is 0 Å². The van der Waals surface area contributed by atoms with Crippen molar-refractivity contribution in [2.45, 2.75) is 31.7 Å². The molecule has 19 heavy (non-hydrogen) atoms. The molecular weight excluding hydrogens is 284 g/mol. The average Bonchev–Trinajstić information content (AvgIpc) is 2.82. The van der Waals surface area contributed by atoms with E-state index in [1.54, 1.807) is 11.4 Å². The molecule has 0 aliphatic carbocycles. The highest BCUT2D eigenvalue weighted by Crippen LogP contribution is 2.20. The van der Waals surface area contributed by atoms with Gasteiger partial charge in [-0.2, -0.15) is 0 Å². The van der Waals surface area contributed by atoms with Crippen molar-refractivity contribution in [3.05, 3.63) is 16.3 Å². The number of nitrogens with two attached hydrogens (primary N) is 1. The summed E-state index contributed by atoms with van der Waals surface area (Å²) in [5.74, 6) is 0.592. The van der Waals surface area contributed by atoms with Gasteiger partial charge >= 0.3 is 0 Å². The van der Waals surface area contributed by atoms with Crippen LogP contribution in [-0.4, -0.2) is 28.2 Å². The van der Waals surface area contributed by atoms with E-state index < -0.39 is 10.0 Å². The standard InChI is InChI=1S/C12H22N2O3S2/c1-10(2)3-6-17-7-5-14-19(15,16)12-4-8-18-11(12)9-13/h4,8,10,14H,3,5-7,9,13H2,1-2H3. The van der Waals surface area contributed by atoms with E-state index >= 15 is 0 Å². The van der Waals surface area contributed by atoms with Crippen LogP contribution in [0.5, 0.6) is 0 Å². The van der Waals surface area contributed by atoms with Gasteiger partial charge in [0.05, 0.1) is 11.5 Å². The van der Waals surface area contributed by atoms with Crippen molar-refractivity contribution in [2.75, 3.05) is 19.8 Å². The first kappa shape index (κ1) is 16.6. The molecule has 5 nitrogen and oxygen atoms in total. The fourth-order valence-corrected chi connectivity index (χ4v) is 3.81. The quantitative estimate of drug-likeness (QED) is 0.678. The zero-order valence-corrected chi connectivity index (χ0v) is 13.0. The zero-order valence-electron chi connectivity index (χ0n) is 11.4. The van der Waals surface area contributed by atoms with Crippen LogP contribution in [0.3, 0.4) is 0 Å². The van der Waals surface area contributed by atoms with Crippen LogP contribution in [0.25, 0.3) is 0 Å². The Bertz CT molecular complexity index is 469. The largest absolute Gasteiger partial charge is 0.380 e. The molecule has 0 saturated heterocycles. The summed E-state index contributed by atoms with van der Waals surface area (Å²) >= 11 is 1.35. The molecule has 0 bridgehead atoms. The molecule has 3 N–H and O–H groups in total. The van der Waals surface area contributed by atoms with E-state index in [2.05, 4.69) is 18.6 Å².